The molecule has 1 N–H and O–H groups in total. The molecular weight excluding hydrogens is 502 g/mol. The van der Waals surface area contributed by atoms with Gasteiger partial charge in [0.05, 0.1) is 19.1 Å². The third kappa shape index (κ3) is 8.21. The van der Waals surface area contributed by atoms with Gasteiger partial charge in [0.25, 0.3) is 0 Å². The van der Waals surface area contributed by atoms with Crippen molar-refractivity contribution in [2.24, 2.45) is 0 Å². The number of sulfonamides is 1. The van der Waals surface area contributed by atoms with Crippen LogP contribution in [0.3, 0.4) is 0 Å². The summed E-state index contributed by atoms with van der Waals surface area (Å²) in [6, 6.07) is 14.2. The van der Waals surface area contributed by atoms with Crippen LogP contribution < -0.4 is 14.4 Å². The highest BCUT2D eigenvalue weighted by Gasteiger charge is 2.28. The second-order valence-corrected chi connectivity index (χ2v) is 12.0. The Balaban J connectivity index is 1.72. The van der Waals surface area contributed by atoms with E-state index in [9.17, 15) is 18.0 Å². The molecule has 0 radical (unpaired) electrons. The molecule has 2 aromatic rings. The number of aryl methyl sites for hydroxylation is 1. The molecule has 0 spiro atoms. The minimum Gasteiger partial charge on any atom is -0.497 e. The van der Waals surface area contributed by atoms with Crippen LogP contribution in [0.5, 0.6) is 5.75 Å². The third-order valence-corrected chi connectivity index (χ3v) is 8.35. The molecule has 38 heavy (non-hydrogen) atoms. The van der Waals surface area contributed by atoms with Crippen LogP contribution in [-0.2, 0) is 26.2 Å². The van der Waals surface area contributed by atoms with E-state index < -0.39 is 16.1 Å². The molecule has 9 heteroatoms. The number of para-hydroxylation sites is 1. The van der Waals surface area contributed by atoms with E-state index in [0.29, 0.717) is 17.9 Å². The van der Waals surface area contributed by atoms with Crippen LogP contribution in [0.15, 0.2) is 48.5 Å². The summed E-state index contributed by atoms with van der Waals surface area (Å²) in [5.74, 6) is 0.369. The molecule has 0 saturated heterocycles. The van der Waals surface area contributed by atoms with Gasteiger partial charge in [-0.1, -0.05) is 49.6 Å². The summed E-state index contributed by atoms with van der Waals surface area (Å²) in [6.07, 6.45) is 6.95. The van der Waals surface area contributed by atoms with Gasteiger partial charge in [0, 0.05) is 25.6 Å². The number of amides is 2. The summed E-state index contributed by atoms with van der Waals surface area (Å²) < 4.78 is 31.7. The van der Waals surface area contributed by atoms with Crippen molar-refractivity contribution in [2.45, 2.75) is 77.4 Å². The zero-order chi connectivity index (χ0) is 27.7. The number of anilines is 1. The van der Waals surface area contributed by atoms with Gasteiger partial charge in [0.2, 0.25) is 21.8 Å². The highest BCUT2D eigenvalue weighted by molar-refractivity contribution is 7.92. The highest BCUT2D eigenvalue weighted by atomic mass is 32.2. The van der Waals surface area contributed by atoms with Gasteiger partial charge >= 0.3 is 0 Å². The molecule has 1 fully saturated rings. The second kappa shape index (κ2) is 13.6. The first-order chi connectivity index (χ1) is 18.1. The standard InChI is InChI=1S/C29H41N3O5S/c1-22-11-8-9-14-27(22)32(38(4,35)36)20-10-15-28(33)31(21-24-16-18-26(37-3)19-17-24)23(2)29(34)30-25-12-6-5-7-13-25/h8-9,11,14,16-19,23,25H,5-7,10,12-13,15,20-21H2,1-4H3,(H,30,34)/t23-/m0/s1. The van der Waals surface area contributed by atoms with Gasteiger partial charge in [0.15, 0.2) is 0 Å². The number of ether oxygens (including phenoxy) is 1. The van der Waals surface area contributed by atoms with Crippen molar-refractivity contribution in [1.82, 2.24) is 10.2 Å². The van der Waals surface area contributed by atoms with Crippen LogP contribution in [0.25, 0.3) is 0 Å². The number of nitrogens with one attached hydrogen (secondary N) is 1. The van der Waals surface area contributed by atoms with E-state index in [2.05, 4.69) is 5.32 Å². The molecule has 0 unspecified atom stereocenters. The molecule has 0 aromatic heterocycles. The van der Waals surface area contributed by atoms with Crippen molar-refractivity contribution in [3.8, 4) is 5.75 Å². The molecule has 1 aliphatic rings. The first-order valence-corrected chi connectivity index (χ1v) is 15.2. The van der Waals surface area contributed by atoms with Crippen molar-refractivity contribution in [2.75, 3.05) is 24.2 Å². The summed E-state index contributed by atoms with van der Waals surface area (Å²) in [5, 5.41) is 3.14. The fourth-order valence-corrected chi connectivity index (χ4v) is 5.93. The largest absolute Gasteiger partial charge is 0.497 e. The van der Waals surface area contributed by atoms with Crippen LogP contribution in [0.1, 0.15) is 63.0 Å². The Bertz CT molecular complexity index is 1180. The summed E-state index contributed by atoms with van der Waals surface area (Å²) >= 11 is 0. The molecule has 8 nitrogen and oxygen atoms in total. The average Bonchev–Trinajstić information content (AvgIpc) is 2.90. The number of rotatable bonds is 12. The number of carbonyl (C=O) groups is 2. The van der Waals surface area contributed by atoms with Crippen molar-refractivity contribution in [3.05, 3.63) is 59.7 Å². The number of hydrogen-bond acceptors (Lipinski definition) is 5. The summed E-state index contributed by atoms with van der Waals surface area (Å²) in [5.41, 5.74) is 2.34. The zero-order valence-corrected chi connectivity index (χ0v) is 23.8. The first kappa shape index (κ1) is 29.5. The summed E-state index contributed by atoms with van der Waals surface area (Å²) in [6.45, 7) is 4.07. The quantitative estimate of drug-likeness (QED) is 0.428. The third-order valence-electron chi connectivity index (χ3n) is 7.17. The molecule has 0 aliphatic heterocycles. The lowest BCUT2D eigenvalue weighted by Crippen LogP contribution is -2.50. The van der Waals surface area contributed by atoms with Crippen molar-refractivity contribution in [1.29, 1.82) is 0 Å². The van der Waals surface area contributed by atoms with Gasteiger partial charge in [-0.25, -0.2) is 8.42 Å². The number of hydrogen-bond donors (Lipinski definition) is 1. The lowest BCUT2D eigenvalue weighted by Gasteiger charge is -2.31. The van der Waals surface area contributed by atoms with E-state index in [-0.39, 0.29) is 37.4 Å². The molecule has 208 valence electrons. The van der Waals surface area contributed by atoms with Crippen molar-refractivity contribution in [3.63, 3.8) is 0 Å². The molecule has 3 rings (SSSR count). The maximum absolute atomic E-state index is 13.5. The van der Waals surface area contributed by atoms with Gasteiger partial charge in [-0.05, 0) is 62.4 Å². The Morgan fingerprint density at radius 1 is 1.05 bits per heavy atom. The first-order valence-electron chi connectivity index (χ1n) is 13.4. The van der Waals surface area contributed by atoms with Gasteiger partial charge in [-0.3, -0.25) is 13.9 Å². The molecule has 0 bridgehead atoms. The molecule has 2 amide bonds. The molecule has 1 atom stereocenters. The Kier molecular flexibility index (Phi) is 10.6. The maximum atomic E-state index is 13.5. The van der Waals surface area contributed by atoms with E-state index >= 15 is 0 Å². The molecular formula is C29H41N3O5S. The minimum atomic E-state index is -3.53. The van der Waals surface area contributed by atoms with Gasteiger partial charge < -0.3 is 15.0 Å². The van der Waals surface area contributed by atoms with E-state index in [1.807, 2.05) is 43.3 Å². The van der Waals surface area contributed by atoms with Crippen LogP contribution in [0.2, 0.25) is 0 Å². The Morgan fingerprint density at radius 2 is 1.71 bits per heavy atom. The van der Waals surface area contributed by atoms with Gasteiger partial charge in [-0.15, -0.1) is 0 Å². The van der Waals surface area contributed by atoms with Crippen molar-refractivity contribution >= 4 is 27.5 Å². The Labute approximate surface area is 227 Å². The Morgan fingerprint density at radius 3 is 2.32 bits per heavy atom. The van der Waals surface area contributed by atoms with E-state index in [1.165, 1.54) is 17.0 Å². The molecule has 2 aromatic carbocycles. The molecule has 1 aliphatic carbocycles. The lowest BCUT2D eigenvalue weighted by molar-refractivity contribution is -0.141. The lowest BCUT2D eigenvalue weighted by atomic mass is 9.95. The molecule has 0 heterocycles. The normalized spacial score (nSPS) is 14.9. The zero-order valence-electron chi connectivity index (χ0n) is 23.0. The fourth-order valence-electron chi connectivity index (χ4n) is 4.90. The van der Waals surface area contributed by atoms with Gasteiger partial charge in [0.1, 0.15) is 11.8 Å². The number of nitrogens with zero attached hydrogens (tertiary/aromatic N) is 2. The SMILES string of the molecule is COc1ccc(CN(C(=O)CCCN(c2ccccc2C)S(C)(=O)=O)[C@@H](C)C(=O)NC2CCCCC2)cc1. The van der Waals surface area contributed by atoms with E-state index in [0.717, 1.165) is 36.8 Å². The number of benzene rings is 2. The van der Waals surface area contributed by atoms with Crippen LogP contribution >= 0.6 is 0 Å². The predicted octanol–water partition coefficient (Wildman–Crippen LogP) is 4.42. The van der Waals surface area contributed by atoms with Crippen LogP contribution in [0, 0.1) is 6.92 Å². The predicted molar refractivity (Wildman–Crippen MR) is 151 cm³/mol. The van der Waals surface area contributed by atoms with Gasteiger partial charge in [-0.2, -0.15) is 0 Å². The molecule has 1 saturated carbocycles. The summed E-state index contributed by atoms with van der Waals surface area (Å²) in [4.78, 5) is 28.3. The monoisotopic (exact) mass is 543 g/mol. The van der Waals surface area contributed by atoms with E-state index in [1.54, 1.807) is 31.1 Å². The topological polar surface area (TPSA) is 96.0 Å². The minimum absolute atomic E-state index is 0.120. The average molecular weight is 544 g/mol. The van der Waals surface area contributed by atoms with Crippen molar-refractivity contribution < 1.29 is 22.7 Å². The number of carbonyl (C=O) groups excluding carboxylic acids is 2. The maximum Gasteiger partial charge on any atom is 0.242 e. The second-order valence-electron chi connectivity index (χ2n) is 10.1. The highest BCUT2D eigenvalue weighted by Crippen LogP contribution is 2.23. The number of methoxy groups -OCH3 is 1. The fraction of sp³-hybridized carbons (Fsp3) is 0.517. The van der Waals surface area contributed by atoms with E-state index in [4.69, 9.17) is 4.74 Å². The summed E-state index contributed by atoms with van der Waals surface area (Å²) in [7, 11) is -1.93. The van der Waals surface area contributed by atoms with Crippen LogP contribution in [-0.4, -0.2) is 57.1 Å². The van der Waals surface area contributed by atoms with Crippen LogP contribution in [0.4, 0.5) is 5.69 Å². The Hall–Kier alpha value is -3.07. The smallest absolute Gasteiger partial charge is 0.242 e.